The molecule has 0 radical (unpaired) electrons. The average molecular weight is 376 g/mol. The minimum Gasteiger partial charge on any atom is -0.623 e. The monoisotopic (exact) mass is 376 g/mol. The molecule has 1 fully saturated rings. The van der Waals surface area contributed by atoms with Crippen LogP contribution in [0.15, 0.2) is 30.3 Å². The minimum atomic E-state index is -0.980. The molecule has 7 nitrogen and oxygen atoms in total. The summed E-state index contributed by atoms with van der Waals surface area (Å²) >= 11 is 0. The maximum Gasteiger partial charge on any atom is 0.410 e. The van der Waals surface area contributed by atoms with Crippen molar-refractivity contribution in [3.8, 4) is 0 Å². The molecule has 1 aliphatic rings. The SMILES string of the molecule is C[C@@H](C(=O)OC(C)(C)C)/[N+]([O-])=C/[C@@H]1CCCN1C(=O)OCc1ccccc1. The van der Waals surface area contributed by atoms with E-state index in [4.69, 9.17) is 9.47 Å². The van der Waals surface area contributed by atoms with Gasteiger partial charge in [-0.15, -0.1) is 0 Å². The van der Waals surface area contributed by atoms with Gasteiger partial charge in [-0.1, -0.05) is 30.3 Å². The van der Waals surface area contributed by atoms with Gasteiger partial charge in [0.15, 0.2) is 6.21 Å². The lowest BCUT2D eigenvalue weighted by atomic mass is 10.2. The number of ether oxygens (including phenoxy) is 2. The molecule has 1 aromatic carbocycles. The van der Waals surface area contributed by atoms with E-state index in [0.717, 1.165) is 12.0 Å². The maximum atomic E-state index is 12.4. The molecule has 0 aliphatic carbocycles. The molecule has 148 valence electrons. The third kappa shape index (κ3) is 6.27. The van der Waals surface area contributed by atoms with Crippen LogP contribution >= 0.6 is 0 Å². The highest BCUT2D eigenvalue weighted by atomic mass is 16.6. The van der Waals surface area contributed by atoms with Crippen molar-refractivity contribution in [3.05, 3.63) is 41.1 Å². The molecule has 1 aromatic rings. The van der Waals surface area contributed by atoms with Gasteiger partial charge in [0.25, 0.3) is 6.04 Å². The first kappa shape index (κ1) is 20.7. The second kappa shape index (κ2) is 8.88. The number of benzene rings is 1. The van der Waals surface area contributed by atoms with Crippen LogP contribution in [0.4, 0.5) is 4.79 Å². The molecule has 2 rings (SSSR count). The van der Waals surface area contributed by atoms with Gasteiger partial charge in [-0.05, 0) is 39.2 Å². The Balaban J connectivity index is 1.96. The third-order valence-electron chi connectivity index (χ3n) is 4.19. The second-order valence-corrected chi connectivity index (χ2v) is 7.66. The van der Waals surface area contributed by atoms with Gasteiger partial charge in [0.1, 0.15) is 18.2 Å². The summed E-state index contributed by atoms with van der Waals surface area (Å²) in [6.45, 7) is 7.43. The molecule has 1 heterocycles. The van der Waals surface area contributed by atoms with Gasteiger partial charge in [-0.25, -0.2) is 9.59 Å². The van der Waals surface area contributed by atoms with Crippen LogP contribution in [0.3, 0.4) is 0 Å². The quantitative estimate of drug-likeness (QED) is 0.259. The fraction of sp³-hybridized carbons (Fsp3) is 0.550. The van der Waals surface area contributed by atoms with Crippen molar-refractivity contribution in [3.63, 3.8) is 0 Å². The highest BCUT2D eigenvalue weighted by Crippen LogP contribution is 2.18. The molecule has 2 atom stereocenters. The number of hydrogen-bond donors (Lipinski definition) is 0. The molecular weight excluding hydrogens is 348 g/mol. The van der Waals surface area contributed by atoms with E-state index in [-0.39, 0.29) is 6.61 Å². The molecular formula is C20H28N2O5. The van der Waals surface area contributed by atoms with Crippen LogP contribution in [0.1, 0.15) is 46.1 Å². The summed E-state index contributed by atoms with van der Waals surface area (Å²) in [5, 5.41) is 12.4. The number of hydroxylamine groups is 1. The van der Waals surface area contributed by atoms with Crippen LogP contribution in [0, 0.1) is 5.21 Å². The van der Waals surface area contributed by atoms with Crippen molar-refractivity contribution in [2.45, 2.75) is 64.8 Å². The number of nitrogens with zero attached hydrogens (tertiary/aromatic N) is 2. The first-order chi connectivity index (χ1) is 12.7. The molecule has 0 aromatic heterocycles. The summed E-state index contributed by atoms with van der Waals surface area (Å²) < 4.78 is 11.2. The highest BCUT2D eigenvalue weighted by molar-refractivity contribution is 5.77. The summed E-state index contributed by atoms with van der Waals surface area (Å²) in [6.07, 6.45) is 2.33. The van der Waals surface area contributed by atoms with Gasteiger partial charge in [0.2, 0.25) is 0 Å². The molecule has 1 amide bonds. The first-order valence-electron chi connectivity index (χ1n) is 9.18. The van der Waals surface area contributed by atoms with Gasteiger partial charge in [-0.2, -0.15) is 4.74 Å². The summed E-state index contributed by atoms with van der Waals surface area (Å²) in [5.74, 6) is -0.593. The zero-order valence-electron chi connectivity index (χ0n) is 16.4. The van der Waals surface area contributed by atoms with Gasteiger partial charge < -0.3 is 14.7 Å². The Bertz CT molecular complexity index is 681. The Morgan fingerprint density at radius 3 is 2.63 bits per heavy atom. The van der Waals surface area contributed by atoms with Crippen molar-refractivity contribution in [1.82, 2.24) is 4.90 Å². The highest BCUT2D eigenvalue weighted by Gasteiger charge is 2.33. The lowest BCUT2D eigenvalue weighted by molar-refractivity contribution is -0.483. The zero-order chi connectivity index (χ0) is 20.0. The van der Waals surface area contributed by atoms with Crippen molar-refractivity contribution < 1.29 is 23.8 Å². The molecule has 1 saturated heterocycles. The molecule has 1 aliphatic heterocycles. The fourth-order valence-electron chi connectivity index (χ4n) is 2.77. The van der Waals surface area contributed by atoms with Gasteiger partial charge in [0, 0.05) is 13.5 Å². The number of rotatable bonds is 5. The largest absolute Gasteiger partial charge is 0.623 e. The predicted octanol–water partition coefficient (Wildman–Crippen LogP) is 3.10. The molecule has 0 saturated carbocycles. The van der Waals surface area contributed by atoms with Crippen molar-refractivity contribution >= 4 is 18.3 Å². The summed E-state index contributed by atoms with van der Waals surface area (Å²) in [6, 6.07) is 8.03. The Kier molecular flexibility index (Phi) is 6.82. The van der Waals surface area contributed by atoms with Crippen molar-refractivity contribution in [2.75, 3.05) is 6.54 Å². The van der Waals surface area contributed by atoms with Crippen LogP contribution in [0.5, 0.6) is 0 Å². The zero-order valence-corrected chi connectivity index (χ0v) is 16.4. The van der Waals surface area contributed by atoms with E-state index in [2.05, 4.69) is 0 Å². The lowest BCUT2D eigenvalue weighted by Crippen LogP contribution is -2.41. The molecule has 0 N–H and O–H groups in total. The average Bonchev–Trinajstić information content (AvgIpc) is 3.06. The predicted molar refractivity (Wildman–Crippen MR) is 101 cm³/mol. The molecule has 0 spiro atoms. The number of likely N-dealkylation sites (tertiary alicyclic amines) is 1. The van der Waals surface area contributed by atoms with Crippen LogP contribution in [-0.2, 0) is 20.9 Å². The summed E-state index contributed by atoms with van der Waals surface area (Å²) in [7, 11) is 0. The lowest BCUT2D eigenvalue weighted by Gasteiger charge is -2.23. The van der Waals surface area contributed by atoms with Crippen molar-refractivity contribution in [2.24, 2.45) is 0 Å². The van der Waals surface area contributed by atoms with E-state index in [1.54, 1.807) is 20.8 Å². The van der Waals surface area contributed by atoms with Crippen LogP contribution in [0.25, 0.3) is 0 Å². The third-order valence-corrected chi connectivity index (χ3v) is 4.19. The molecule has 7 heteroatoms. The molecule has 0 unspecified atom stereocenters. The standard InChI is InChI=1S/C20H28N2O5/c1-15(18(23)27-20(2,3)4)22(25)13-17-11-8-12-21(17)19(24)26-14-16-9-6-5-7-10-16/h5-7,9-10,13,15,17H,8,11-12,14H2,1-4H3/b22-13-/t15-,17-/m0/s1. The number of carbonyl (C=O) groups is 2. The van der Waals surface area contributed by atoms with E-state index in [1.807, 2.05) is 30.3 Å². The van der Waals surface area contributed by atoms with Crippen molar-refractivity contribution in [1.29, 1.82) is 0 Å². The minimum absolute atomic E-state index is 0.179. The topological polar surface area (TPSA) is 81.9 Å². The number of hydrogen-bond acceptors (Lipinski definition) is 5. The Hall–Kier alpha value is -2.57. The number of carbonyl (C=O) groups excluding carboxylic acids is 2. The van der Waals surface area contributed by atoms with Gasteiger partial charge in [0.05, 0.1) is 0 Å². The van der Waals surface area contributed by atoms with E-state index < -0.39 is 29.7 Å². The van der Waals surface area contributed by atoms with E-state index >= 15 is 0 Å². The maximum absolute atomic E-state index is 12.4. The molecule has 0 bridgehead atoms. The Morgan fingerprint density at radius 1 is 1.33 bits per heavy atom. The normalized spacial score (nSPS) is 18.9. The number of esters is 1. The second-order valence-electron chi connectivity index (χ2n) is 7.66. The van der Waals surface area contributed by atoms with Crippen LogP contribution in [0.2, 0.25) is 0 Å². The smallest absolute Gasteiger partial charge is 0.410 e. The van der Waals surface area contributed by atoms with Gasteiger partial charge in [-0.3, -0.25) is 4.90 Å². The van der Waals surface area contributed by atoms with Crippen LogP contribution < -0.4 is 0 Å². The first-order valence-corrected chi connectivity index (χ1v) is 9.18. The van der Waals surface area contributed by atoms with E-state index in [1.165, 1.54) is 18.0 Å². The Morgan fingerprint density at radius 2 is 2.00 bits per heavy atom. The van der Waals surface area contributed by atoms with E-state index in [0.29, 0.717) is 17.7 Å². The summed E-state index contributed by atoms with van der Waals surface area (Å²) in [5.41, 5.74) is 0.238. The van der Waals surface area contributed by atoms with Gasteiger partial charge >= 0.3 is 12.1 Å². The molecule has 27 heavy (non-hydrogen) atoms. The number of amides is 1. The fourth-order valence-corrected chi connectivity index (χ4v) is 2.77. The van der Waals surface area contributed by atoms with Crippen LogP contribution in [-0.4, -0.2) is 52.1 Å². The van der Waals surface area contributed by atoms with E-state index in [9.17, 15) is 14.8 Å². The summed E-state index contributed by atoms with van der Waals surface area (Å²) in [4.78, 5) is 26.0. The Labute approximate surface area is 160 Å².